The quantitative estimate of drug-likeness (QED) is 0.370. The molecule has 0 unspecified atom stereocenters. The molecule has 0 amide bonds. The summed E-state index contributed by atoms with van der Waals surface area (Å²) < 4.78 is 10.8. The summed E-state index contributed by atoms with van der Waals surface area (Å²) in [5.41, 5.74) is 7.85. The number of nitrogens with one attached hydrogen (secondary N) is 1. The van der Waals surface area contributed by atoms with E-state index in [0.717, 1.165) is 18.0 Å². The minimum atomic E-state index is -0.227. The number of nitrogen functional groups attached to an aromatic ring is 1. The van der Waals surface area contributed by atoms with E-state index in [4.69, 9.17) is 21.8 Å². The zero-order valence-corrected chi connectivity index (χ0v) is 18.5. The van der Waals surface area contributed by atoms with Gasteiger partial charge in [-0.05, 0) is 62.6 Å². The molecule has 0 saturated heterocycles. The van der Waals surface area contributed by atoms with Gasteiger partial charge in [0.1, 0.15) is 23.1 Å². The monoisotopic (exact) mass is 436 g/mol. The Labute approximate surface area is 185 Å². The summed E-state index contributed by atoms with van der Waals surface area (Å²) in [6, 6.07) is 14.2. The van der Waals surface area contributed by atoms with Crippen LogP contribution in [0.25, 0.3) is 4.85 Å². The van der Waals surface area contributed by atoms with Crippen LogP contribution in [0.1, 0.15) is 15.2 Å². The van der Waals surface area contributed by atoms with Gasteiger partial charge in [0.15, 0.2) is 0 Å². The lowest BCUT2D eigenvalue weighted by Gasteiger charge is -2.11. The van der Waals surface area contributed by atoms with Crippen molar-refractivity contribution in [3.8, 4) is 11.5 Å². The van der Waals surface area contributed by atoms with Crippen LogP contribution >= 0.6 is 11.3 Å². The van der Waals surface area contributed by atoms with Crippen LogP contribution in [-0.2, 0) is 0 Å². The highest BCUT2D eigenvalue weighted by Gasteiger charge is 2.22. The normalized spacial score (nSPS) is 10.5. The number of hydrogen-bond acceptors (Lipinski definition) is 7. The van der Waals surface area contributed by atoms with Crippen molar-refractivity contribution in [2.24, 2.45) is 0 Å². The minimum absolute atomic E-state index is 0.187. The standard InChI is InChI=1S/C23H24N4O3S/c1-25-20-19(24)22(31-23(20)26-16-7-11-17(29-4)12-8-16)21(28)15-5-9-18(10-6-15)30-14-13-27(2)3/h5-12,26H,13-14,24H2,2-4H3. The Morgan fingerprint density at radius 2 is 1.77 bits per heavy atom. The van der Waals surface area contributed by atoms with E-state index in [0.29, 0.717) is 27.8 Å². The van der Waals surface area contributed by atoms with Crippen LogP contribution in [0.5, 0.6) is 11.5 Å². The molecule has 1 heterocycles. The number of carbonyl (C=O) groups is 1. The number of nitrogens with two attached hydrogens (primary N) is 1. The van der Waals surface area contributed by atoms with E-state index in [9.17, 15) is 4.79 Å². The van der Waals surface area contributed by atoms with Crippen LogP contribution in [-0.4, -0.2) is 45.0 Å². The third-order valence-electron chi connectivity index (χ3n) is 4.51. The molecule has 1 aromatic heterocycles. The molecule has 0 aliphatic rings. The fraction of sp³-hybridized carbons (Fsp3) is 0.217. The first-order valence-corrected chi connectivity index (χ1v) is 10.4. The average Bonchev–Trinajstić information content (AvgIpc) is 3.08. The van der Waals surface area contributed by atoms with Crippen LogP contribution in [0.3, 0.4) is 0 Å². The summed E-state index contributed by atoms with van der Waals surface area (Å²) in [5.74, 6) is 1.20. The Balaban J connectivity index is 1.79. The molecule has 3 aromatic rings. The van der Waals surface area contributed by atoms with Crippen LogP contribution < -0.4 is 20.5 Å². The van der Waals surface area contributed by atoms with E-state index in [1.165, 1.54) is 11.3 Å². The van der Waals surface area contributed by atoms with Crippen molar-refractivity contribution in [3.05, 3.63) is 70.4 Å². The number of thiophene rings is 1. The molecule has 0 bridgehead atoms. The number of rotatable bonds is 9. The molecule has 0 fully saturated rings. The highest BCUT2D eigenvalue weighted by Crippen LogP contribution is 2.45. The number of benzene rings is 2. The molecule has 7 nitrogen and oxygen atoms in total. The van der Waals surface area contributed by atoms with Crippen molar-refractivity contribution in [1.82, 2.24) is 4.90 Å². The van der Waals surface area contributed by atoms with Gasteiger partial charge in [-0.1, -0.05) is 0 Å². The first kappa shape index (κ1) is 22.2. The van der Waals surface area contributed by atoms with Crippen LogP contribution in [0.15, 0.2) is 48.5 Å². The van der Waals surface area contributed by atoms with E-state index < -0.39 is 0 Å². The van der Waals surface area contributed by atoms with Gasteiger partial charge in [-0.2, -0.15) is 0 Å². The Hall–Kier alpha value is -3.54. The van der Waals surface area contributed by atoms with Gasteiger partial charge in [-0.15, -0.1) is 11.3 Å². The van der Waals surface area contributed by atoms with E-state index in [2.05, 4.69) is 10.2 Å². The van der Waals surface area contributed by atoms with E-state index in [1.807, 2.05) is 43.3 Å². The first-order valence-electron chi connectivity index (χ1n) is 9.56. The summed E-state index contributed by atoms with van der Waals surface area (Å²) in [7, 11) is 5.55. The zero-order chi connectivity index (χ0) is 22.4. The molecule has 0 aliphatic heterocycles. The average molecular weight is 437 g/mol. The molecule has 0 radical (unpaired) electrons. The second-order valence-electron chi connectivity index (χ2n) is 6.99. The number of likely N-dealkylation sites (N-methyl/N-ethyl adjacent to an activating group) is 1. The fourth-order valence-electron chi connectivity index (χ4n) is 2.78. The molecule has 160 valence electrons. The van der Waals surface area contributed by atoms with Crippen molar-refractivity contribution < 1.29 is 14.3 Å². The number of ether oxygens (including phenoxy) is 2. The van der Waals surface area contributed by atoms with E-state index in [1.54, 1.807) is 31.4 Å². The van der Waals surface area contributed by atoms with E-state index in [-0.39, 0.29) is 17.2 Å². The topological polar surface area (TPSA) is 81.2 Å². The molecule has 8 heteroatoms. The maximum absolute atomic E-state index is 13.0. The third-order valence-corrected chi connectivity index (χ3v) is 5.62. The molecule has 0 aliphatic carbocycles. The Kier molecular flexibility index (Phi) is 7.13. The molecule has 3 N–H and O–H groups in total. The van der Waals surface area contributed by atoms with Gasteiger partial charge in [-0.25, -0.2) is 4.85 Å². The van der Waals surface area contributed by atoms with Gasteiger partial charge in [-0.3, -0.25) is 4.79 Å². The minimum Gasteiger partial charge on any atom is -0.497 e. The number of methoxy groups -OCH3 is 1. The summed E-state index contributed by atoms with van der Waals surface area (Å²) in [6.45, 7) is 8.86. The molecule has 0 saturated carbocycles. The van der Waals surface area contributed by atoms with Gasteiger partial charge in [0, 0.05) is 17.8 Å². The predicted molar refractivity (Wildman–Crippen MR) is 125 cm³/mol. The maximum Gasteiger partial charge on any atom is 0.243 e. The molecular formula is C23H24N4O3S. The number of anilines is 3. The van der Waals surface area contributed by atoms with Gasteiger partial charge in [0.2, 0.25) is 11.5 Å². The van der Waals surface area contributed by atoms with E-state index >= 15 is 0 Å². The molecule has 2 aromatic carbocycles. The first-order chi connectivity index (χ1) is 14.9. The lowest BCUT2D eigenvalue weighted by molar-refractivity contribution is 0.104. The molecule has 0 atom stereocenters. The highest BCUT2D eigenvalue weighted by atomic mass is 32.1. The lowest BCUT2D eigenvalue weighted by atomic mass is 10.1. The van der Waals surface area contributed by atoms with Crippen LogP contribution in [0, 0.1) is 6.57 Å². The lowest BCUT2D eigenvalue weighted by Crippen LogP contribution is -2.19. The highest BCUT2D eigenvalue weighted by molar-refractivity contribution is 7.19. The molecular weight excluding hydrogens is 412 g/mol. The van der Waals surface area contributed by atoms with Crippen molar-refractivity contribution >= 4 is 39.2 Å². The summed E-state index contributed by atoms with van der Waals surface area (Å²) >= 11 is 1.17. The summed E-state index contributed by atoms with van der Waals surface area (Å²) in [5, 5.41) is 3.71. The number of nitrogens with zero attached hydrogens (tertiary/aromatic N) is 2. The van der Waals surface area contributed by atoms with Gasteiger partial charge >= 0.3 is 0 Å². The smallest absolute Gasteiger partial charge is 0.243 e. The molecule has 0 spiro atoms. The molecule has 31 heavy (non-hydrogen) atoms. The largest absolute Gasteiger partial charge is 0.497 e. The number of carbonyl (C=O) groups excluding carboxylic acids is 1. The molecule has 3 rings (SSSR count). The predicted octanol–water partition coefficient (Wildman–Crippen LogP) is 4.80. The maximum atomic E-state index is 13.0. The van der Waals surface area contributed by atoms with Crippen LogP contribution in [0.2, 0.25) is 0 Å². The number of hydrogen-bond donors (Lipinski definition) is 2. The number of ketones is 1. The van der Waals surface area contributed by atoms with Crippen molar-refractivity contribution in [2.75, 3.05) is 45.4 Å². The Bertz CT molecular complexity index is 1080. The van der Waals surface area contributed by atoms with Crippen LogP contribution in [0.4, 0.5) is 22.1 Å². The van der Waals surface area contributed by atoms with Gasteiger partial charge in [0.05, 0.1) is 24.2 Å². The third kappa shape index (κ3) is 5.34. The second-order valence-corrected chi connectivity index (χ2v) is 8.01. The van der Waals surface area contributed by atoms with Crippen molar-refractivity contribution in [3.63, 3.8) is 0 Å². The van der Waals surface area contributed by atoms with Crippen molar-refractivity contribution in [1.29, 1.82) is 0 Å². The van der Waals surface area contributed by atoms with Gasteiger partial charge < -0.3 is 25.4 Å². The summed E-state index contributed by atoms with van der Waals surface area (Å²) in [6.07, 6.45) is 0. The second kappa shape index (κ2) is 9.98. The fourth-order valence-corrected chi connectivity index (χ4v) is 3.83. The van der Waals surface area contributed by atoms with Crippen molar-refractivity contribution in [2.45, 2.75) is 0 Å². The zero-order valence-electron chi connectivity index (χ0n) is 17.6. The summed E-state index contributed by atoms with van der Waals surface area (Å²) in [4.78, 5) is 18.9. The Morgan fingerprint density at radius 3 is 2.35 bits per heavy atom. The Morgan fingerprint density at radius 1 is 1.13 bits per heavy atom. The van der Waals surface area contributed by atoms with Gasteiger partial charge in [0.25, 0.3) is 0 Å². The SMILES string of the molecule is [C-]#[N+]c1c(Nc2ccc(OC)cc2)sc(C(=O)c2ccc(OCCN(C)C)cc2)c1N.